The van der Waals surface area contributed by atoms with Gasteiger partial charge in [0.05, 0.1) is 17.1 Å². The van der Waals surface area contributed by atoms with Crippen LogP contribution in [0.15, 0.2) is 10.5 Å². The van der Waals surface area contributed by atoms with Crippen molar-refractivity contribution in [1.29, 1.82) is 0 Å². The van der Waals surface area contributed by atoms with E-state index in [1.165, 1.54) is 7.11 Å². The number of rotatable bonds is 1. The molecule has 0 radical (unpaired) electrons. The maximum Gasteiger partial charge on any atom is 0.350 e. The van der Waals surface area contributed by atoms with Crippen molar-refractivity contribution < 1.29 is 19.1 Å². The molecule has 0 saturated heterocycles. The van der Waals surface area contributed by atoms with E-state index in [-0.39, 0.29) is 11.1 Å². The van der Waals surface area contributed by atoms with Gasteiger partial charge in [-0.3, -0.25) is 0 Å². The number of fused-ring (bicyclic) bond motifs is 1. The first-order chi connectivity index (χ1) is 7.06. The molecule has 0 aliphatic carbocycles. The molecule has 1 aromatic carbocycles. The van der Waals surface area contributed by atoms with E-state index in [9.17, 15) is 9.59 Å². The summed E-state index contributed by atoms with van der Waals surface area (Å²) >= 11 is 3.30. The summed E-state index contributed by atoms with van der Waals surface area (Å²) in [5, 5.41) is 0. The Morgan fingerprint density at radius 3 is 2.60 bits per heavy atom. The average molecular weight is 271 g/mol. The van der Waals surface area contributed by atoms with Crippen LogP contribution in [-0.2, 0) is 4.74 Å². The molecule has 1 aliphatic rings. The van der Waals surface area contributed by atoms with Crippen LogP contribution < -0.4 is 4.74 Å². The van der Waals surface area contributed by atoms with Gasteiger partial charge < -0.3 is 9.47 Å². The predicted molar refractivity (Wildman–Crippen MR) is 55.2 cm³/mol. The Balaban J connectivity index is 2.81. The number of carbonyl (C=O) groups excluding carboxylic acids is 2. The molecule has 78 valence electrons. The molecule has 5 heteroatoms. The highest BCUT2D eigenvalue weighted by Gasteiger charge is 2.34. The van der Waals surface area contributed by atoms with E-state index in [0.29, 0.717) is 10.2 Å². The molecule has 0 bridgehead atoms. The summed E-state index contributed by atoms with van der Waals surface area (Å²) in [6, 6.07) is 1.61. The molecule has 0 spiro atoms. The van der Waals surface area contributed by atoms with Crippen LogP contribution in [0.4, 0.5) is 0 Å². The van der Waals surface area contributed by atoms with Gasteiger partial charge >= 0.3 is 11.9 Å². The first-order valence-corrected chi connectivity index (χ1v) is 4.99. The van der Waals surface area contributed by atoms with Crippen molar-refractivity contribution in [3.63, 3.8) is 0 Å². The fourth-order valence-electron chi connectivity index (χ4n) is 1.51. The highest BCUT2D eigenvalue weighted by molar-refractivity contribution is 9.10. The fraction of sp³-hybridized carbons (Fsp3) is 0.200. The second-order valence-corrected chi connectivity index (χ2v) is 3.93. The van der Waals surface area contributed by atoms with Crippen molar-refractivity contribution >= 4 is 27.9 Å². The van der Waals surface area contributed by atoms with Crippen molar-refractivity contribution in [3.05, 3.63) is 27.2 Å². The molecule has 0 unspecified atom stereocenters. The van der Waals surface area contributed by atoms with Gasteiger partial charge in [0.25, 0.3) is 0 Å². The predicted octanol–water partition coefficient (Wildman–Crippen LogP) is 2.08. The summed E-state index contributed by atoms with van der Waals surface area (Å²) in [7, 11) is 1.44. The lowest BCUT2D eigenvalue weighted by molar-refractivity contribution is 0.0443. The van der Waals surface area contributed by atoms with Crippen molar-refractivity contribution in [2.24, 2.45) is 0 Å². The van der Waals surface area contributed by atoms with Crippen LogP contribution in [0, 0.1) is 6.92 Å². The van der Waals surface area contributed by atoms with Crippen LogP contribution >= 0.6 is 15.9 Å². The third-order valence-corrected chi connectivity index (χ3v) is 3.20. The zero-order valence-electron chi connectivity index (χ0n) is 8.09. The first-order valence-electron chi connectivity index (χ1n) is 4.20. The molecule has 15 heavy (non-hydrogen) atoms. The van der Waals surface area contributed by atoms with Gasteiger partial charge in [-0.1, -0.05) is 0 Å². The molecule has 0 amide bonds. The minimum absolute atomic E-state index is 0.194. The highest BCUT2D eigenvalue weighted by Crippen LogP contribution is 2.37. The number of hydrogen-bond acceptors (Lipinski definition) is 4. The Hall–Kier alpha value is -1.36. The SMILES string of the molecule is COc1c(Br)c(C)cc2c1C(=O)OC2=O. The number of ether oxygens (including phenoxy) is 2. The van der Waals surface area contributed by atoms with E-state index in [0.717, 1.165) is 5.56 Å². The molecule has 2 rings (SSSR count). The number of cyclic esters (lactones) is 2. The van der Waals surface area contributed by atoms with Crippen LogP contribution in [0.5, 0.6) is 5.75 Å². The maximum absolute atomic E-state index is 11.4. The number of methoxy groups -OCH3 is 1. The molecule has 0 saturated carbocycles. The largest absolute Gasteiger partial charge is 0.495 e. The summed E-state index contributed by atoms with van der Waals surface area (Å²) < 4.78 is 10.3. The zero-order valence-corrected chi connectivity index (χ0v) is 9.67. The fourth-order valence-corrected chi connectivity index (χ4v) is 1.98. The lowest BCUT2D eigenvalue weighted by Crippen LogP contribution is -2.00. The molecule has 0 aromatic heterocycles. The standard InChI is InChI=1S/C10H7BrO4/c1-4-3-5-6(8(14-2)7(4)11)10(13)15-9(5)12/h3H,1-2H3. The van der Waals surface area contributed by atoms with E-state index < -0.39 is 11.9 Å². The van der Waals surface area contributed by atoms with E-state index >= 15 is 0 Å². The van der Waals surface area contributed by atoms with E-state index in [1.54, 1.807) is 6.07 Å². The number of halogens is 1. The maximum atomic E-state index is 11.4. The number of aryl methyl sites for hydroxylation is 1. The van der Waals surface area contributed by atoms with Gasteiger partial charge in [0.15, 0.2) is 0 Å². The Morgan fingerprint density at radius 1 is 1.33 bits per heavy atom. The lowest BCUT2D eigenvalue weighted by atomic mass is 10.1. The highest BCUT2D eigenvalue weighted by atomic mass is 79.9. The normalized spacial score (nSPS) is 13.8. The average Bonchev–Trinajstić information content (AvgIpc) is 2.45. The quantitative estimate of drug-likeness (QED) is 0.579. The monoisotopic (exact) mass is 270 g/mol. The van der Waals surface area contributed by atoms with Crippen LogP contribution in [0.25, 0.3) is 0 Å². The van der Waals surface area contributed by atoms with Gasteiger partial charge in [-0.25, -0.2) is 9.59 Å². The number of esters is 2. The summed E-state index contributed by atoms with van der Waals surface area (Å²) in [4.78, 5) is 22.7. The molecule has 1 aromatic rings. The minimum atomic E-state index is -0.660. The van der Waals surface area contributed by atoms with Gasteiger partial charge in [0.1, 0.15) is 11.3 Å². The second-order valence-electron chi connectivity index (χ2n) is 3.14. The summed E-state index contributed by atoms with van der Waals surface area (Å²) in [6.07, 6.45) is 0. The van der Waals surface area contributed by atoms with Gasteiger partial charge in [0, 0.05) is 0 Å². The molecule has 1 heterocycles. The van der Waals surface area contributed by atoms with Gasteiger partial charge in [0.2, 0.25) is 0 Å². The van der Waals surface area contributed by atoms with Crippen molar-refractivity contribution in [3.8, 4) is 5.75 Å². The number of carbonyl (C=O) groups is 2. The Kier molecular flexibility index (Phi) is 2.26. The number of benzene rings is 1. The van der Waals surface area contributed by atoms with Crippen LogP contribution in [0.1, 0.15) is 26.3 Å². The molecule has 1 aliphatic heterocycles. The molecular weight excluding hydrogens is 264 g/mol. The molecule has 0 fully saturated rings. The molecule has 4 nitrogen and oxygen atoms in total. The van der Waals surface area contributed by atoms with Crippen molar-refractivity contribution in [1.82, 2.24) is 0 Å². The Labute approximate surface area is 94.3 Å². The van der Waals surface area contributed by atoms with E-state index in [1.807, 2.05) is 6.92 Å². The van der Waals surface area contributed by atoms with E-state index in [2.05, 4.69) is 20.7 Å². The molecule has 0 atom stereocenters. The van der Waals surface area contributed by atoms with Gasteiger partial charge in [-0.2, -0.15) is 0 Å². The number of hydrogen-bond donors (Lipinski definition) is 0. The molecule has 0 N–H and O–H groups in total. The molecular formula is C10H7BrO4. The third-order valence-electron chi connectivity index (χ3n) is 2.22. The van der Waals surface area contributed by atoms with Crippen LogP contribution in [0.2, 0.25) is 0 Å². The van der Waals surface area contributed by atoms with Crippen LogP contribution in [-0.4, -0.2) is 19.0 Å². The minimum Gasteiger partial charge on any atom is -0.495 e. The summed E-state index contributed by atoms with van der Waals surface area (Å²) in [5.41, 5.74) is 1.27. The summed E-state index contributed by atoms with van der Waals surface area (Å²) in [5.74, 6) is -0.933. The Bertz CT molecular complexity index is 479. The van der Waals surface area contributed by atoms with Crippen LogP contribution in [0.3, 0.4) is 0 Å². The van der Waals surface area contributed by atoms with Crippen molar-refractivity contribution in [2.45, 2.75) is 6.92 Å². The van der Waals surface area contributed by atoms with Gasteiger partial charge in [-0.15, -0.1) is 0 Å². The zero-order chi connectivity index (χ0) is 11.2. The lowest BCUT2D eigenvalue weighted by Gasteiger charge is -2.08. The first kappa shape index (κ1) is 10.2. The summed E-state index contributed by atoms with van der Waals surface area (Å²) in [6.45, 7) is 1.81. The Morgan fingerprint density at radius 2 is 2.00 bits per heavy atom. The topological polar surface area (TPSA) is 52.6 Å². The van der Waals surface area contributed by atoms with Gasteiger partial charge in [-0.05, 0) is 34.5 Å². The van der Waals surface area contributed by atoms with E-state index in [4.69, 9.17) is 4.74 Å². The van der Waals surface area contributed by atoms with Crippen molar-refractivity contribution in [2.75, 3.05) is 7.11 Å². The second kappa shape index (κ2) is 3.34. The third kappa shape index (κ3) is 1.34. The smallest absolute Gasteiger partial charge is 0.350 e.